The van der Waals surface area contributed by atoms with Crippen LogP contribution >= 0.6 is 11.6 Å². The van der Waals surface area contributed by atoms with Gasteiger partial charge in [0.15, 0.2) is 0 Å². The van der Waals surface area contributed by atoms with Crippen LogP contribution in [0.5, 0.6) is 0 Å². The van der Waals surface area contributed by atoms with Gasteiger partial charge in [-0.15, -0.1) is 0 Å². The molecule has 0 saturated carbocycles. The molecule has 118 valence electrons. The van der Waals surface area contributed by atoms with Crippen LogP contribution in [0.25, 0.3) is 11.3 Å². The summed E-state index contributed by atoms with van der Waals surface area (Å²) < 4.78 is 13.2. The Hall–Kier alpha value is -2.13. The van der Waals surface area contributed by atoms with Crippen LogP contribution in [0.15, 0.2) is 48.5 Å². The van der Waals surface area contributed by atoms with E-state index in [0.717, 1.165) is 28.1 Å². The lowest BCUT2D eigenvalue weighted by molar-refractivity contribution is 0.598. The first-order valence-electron chi connectivity index (χ1n) is 7.47. The first-order valence-corrected chi connectivity index (χ1v) is 7.85. The molecule has 23 heavy (non-hydrogen) atoms. The SMILES string of the molecule is Cc1c(-c2ccccc2Cl)n[nH]c1C(C)(C)c1ccc(F)cc1. The van der Waals surface area contributed by atoms with Crippen molar-refractivity contribution in [3.63, 3.8) is 0 Å². The average Bonchev–Trinajstić information content (AvgIpc) is 2.90. The summed E-state index contributed by atoms with van der Waals surface area (Å²) >= 11 is 6.29. The molecule has 2 aromatic carbocycles. The van der Waals surface area contributed by atoms with Crippen LogP contribution in [0.4, 0.5) is 4.39 Å². The van der Waals surface area contributed by atoms with Gasteiger partial charge in [-0.25, -0.2) is 4.39 Å². The fourth-order valence-corrected chi connectivity index (χ4v) is 3.16. The first kappa shape index (κ1) is 15.8. The molecule has 0 aliphatic heterocycles. The molecule has 0 saturated heterocycles. The highest BCUT2D eigenvalue weighted by atomic mass is 35.5. The lowest BCUT2D eigenvalue weighted by Crippen LogP contribution is -2.20. The molecule has 1 heterocycles. The Balaban J connectivity index is 2.08. The Labute approximate surface area is 140 Å². The van der Waals surface area contributed by atoms with Crippen LogP contribution in [-0.4, -0.2) is 10.2 Å². The molecule has 3 rings (SSSR count). The van der Waals surface area contributed by atoms with Crippen LogP contribution in [0.2, 0.25) is 5.02 Å². The Morgan fingerprint density at radius 3 is 2.35 bits per heavy atom. The minimum absolute atomic E-state index is 0.234. The summed E-state index contributed by atoms with van der Waals surface area (Å²) in [6.45, 7) is 6.22. The highest BCUT2D eigenvalue weighted by Crippen LogP contribution is 2.37. The number of nitrogens with zero attached hydrogens (tertiary/aromatic N) is 1. The maximum atomic E-state index is 13.2. The third-order valence-electron chi connectivity index (χ3n) is 4.33. The Morgan fingerprint density at radius 2 is 1.70 bits per heavy atom. The van der Waals surface area contributed by atoms with Gasteiger partial charge in [0, 0.05) is 16.7 Å². The van der Waals surface area contributed by atoms with E-state index in [9.17, 15) is 4.39 Å². The van der Waals surface area contributed by atoms with Gasteiger partial charge in [0.1, 0.15) is 5.82 Å². The van der Waals surface area contributed by atoms with Crippen LogP contribution in [0, 0.1) is 12.7 Å². The molecule has 4 heteroatoms. The molecule has 0 unspecified atom stereocenters. The van der Waals surface area contributed by atoms with Crippen molar-refractivity contribution in [1.82, 2.24) is 10.2 Å². The Kier molecular flexibility index (Phi) is 3.99. The molecule has 0 aliphatic rings. The van der Waals surface area contributed by atoms with Gasteiger partial charge < -0.3 is 0 Å². The monoisotopic (exact) mass is 328 g/mol. The molecule has 0 amide bonds. The van der Waals surface area contributed by atoms with Gasteiger partial charge in [-0.3, -0.25) is 5.10 Å². The van der Waals surface area contributed by atoms with Gasteiger partial charge in [-0.2, -0.15) is 5.10 Å². The van der Waals surface area contributed by atoms with E-state index < -0.39 is 0 Å². The number of aromatic nitrogens is 2. The maximum Gasteiger partial charge on any atom is 0.123 e. The first-order chi connectivity index (χ1) is 10.9. The van der Waals surface area contributed by atoms with Crippen LogP contribution in [0.3, 0.4) is 0 Å². The summed E-state index contributed by atoms with van der Waals surface area (Å²) in [6.07, 6.45) is 0. The molecular weight excluding hydrogens is 311 g/mol. The zero-order valence-corrected chi connectivity index (χ0v) is 14.1. The van der Waals surface area contributed by atoms with E-state index in [2.05, 4.69) is 24.0 Å². The molecular formula is C19H18ClFN2. The summed E-state index contributed by atoms with van der Waals surface area (Å²) in [5.74, 6) is -0.234. The van der Waals surface area contributed by atoms with Gasteiger partial charge in [0.25, 0.3) is 0 Å². The number of aromatic amines is 1. The zero-order valence-electron chi connectivity index (χ0n) is 13.3. The predicted octanol–water partition coefficient (Wildman–Crippen LogP) is 5.50. The minimum atomic E-state index is -0.315. The lowest BCUT2D eigenvalue weighted by Gasteiger charge is -2.25. The van der Waals surface area contributed by atoms with Crippen molar-refractivity contribution in [3.8, 4) is 11.3 Å². The van der Waals surface area contributed by atoms with Gasteiger partial charge in [-0.05, 0) is 36.2 Å². The van der Waals surface area contributed by atoms with Gasteiger partial charge in [-0.1, -0.05) is 55.8 Å². The Bertz CT molecular complexity index is 835. The van der Waals surface area contributed by atoms with E-state index in [-0.39, 0.29) is 11.2 Å². The number of nitrogens with one attached hydrogen (secondary N) is 1. The van der Waals surface area contributed by atoms with Crippen molar-refractivity contribution in [2.24, 2.45) is 0 Å². The maximum absolute atomic E-state index is 13.2. The lowest BCUT2D eigenvalue weighted by atomic mass is 9.79. The third-order valence-corrected chi connectivity index (χ3v) is 4.66. The fraction of sp³-hybridized carbons (Fsp3) is 0.211. The van der Waals surface area contributed by atoms with Crippen molar-refractivity contribution in [3.05, 3.63) is 76.2 Å². The van der Waals surface area contributed by atoms with E-state index in [1.165, 1.54) is 12.1 Å². The topological polar surface area (TPSA) is 28.7 Å². The van der Waals surface area contributed by atoms with Crippen LogP contribution in [0.1, 0.15) is 30.7 Å². The molecule has 2 nitrogen and oxygen atoms in total. The molecule has 0 spiro atoms. The molecule has 0 radical (unpaired) electrons. The van der Waals surface area contributed by atoms with E-state index in [1.807, 2.05) is 43.3 Å². The van der Waals surface area contributed by atoms with Gasteiger partial charge in [0.05, 0.1) is 10.7 Å². The summed E-state index contributed by atoms with van der Waals surface area (Å²) in [5, 5.41) is 8.30. The second-order valence-corrected chi connectivity index (χ2v) is 6.59. The van der Waals surface area contributed by atoms with Crippen molar-refractivity contribution < 1.29 is 4.39 Å². The largest absolute Gasteiger partial charge is 0.281 e. The summed E-state index contributed by atoms with van der Waals surface area (Å²) in [5.41, 5.74) is 4.51. The quantitative estimate of drug-likeness (QED) is 0.675. The number of hydrogen-bond acceptors (Lipinski definition) is 1. The van der Waals surface area contributed by atoms with Gasteiger partial charge in [0.2, 0.25) is 0 Å². The van der Waals surface area contributed by atoms with Crippen LogP contribution < -0.4 is 0 Å². The van der Waals surface area contributed by atoms with Crippen molar-refractivity contribution in [2.75, 3.05) is 0 Å². The second kappa shape index (κ2) is 5.82. The normalized spacial score (nSPS) is 11.7. The van der Waals surface area contributed by atoms with E-state index in [0.29, 0.717) is 5.02 Å². The number of hydrogen-bond donors (Lipinski definition) is 1. The minimum Gasteiger partial charge on any atom is -0.281 e. The zero-order chi connectivity index (χ0) is 16.6. The summed E-state index contributed by atoms with van der Waals surface area (Å²) in [4.78, 5) is 0. The number of halogens is 2. The molecule has 1 aromatic heterocycles. The molecule has 0 bridgehead atoms. The highest BCUT2D eigenvalue weighted by molar-refractivity contribution is 6.33. The number of rotatable bonds is 3. The molecule has 1 N–H and O–H groups in total. The standard InChI is InChI=1S/C19H18ClFN2/c1-12-17(15-6-4-5-7-16(15)20)22-23-18(12)19(2,3)13-8-10-14(21)11-9-13/h4-11H,1-3H3,(H,22,23). The van der Waals surface area contributed by atoms with Crippen molar-refractivity contribution >= 4 is 11.6 Å². The Morgan fingerprint density at radius 1 is 1.04 bits per heavy atom. The fourth-order valence-electron chi connectivity index (χ4n) is 2.93. The highest BCUT2D eigenvalue weighted by Gasteiger charge is 2.29. The van der Waals surface area contributed by atoms with Crippen molar-refractivity contribution in [2.45, 2.75) is 26.2 Å². The van der Waals surface area contributed by atoms with Crippen LogP contribution in [-0.2, 0) is 5.41 Å². The van der Waals surface area contributed by atoms with E-state index >= 15 is 0 Å². The summed E-state index contributed by atoms with van der Waals surface area (Å²) in [6, 6.07) is 14.2. The number of H-pyrrole nitrogens is 1. The summed E-state index contributed by atoms with van der Waals surface area (Å²) in [7, 11) is 0. The van der Waals surface area contributed by atoms with E-state index in [1.54, 1.807) is 0 Å². The number of benzene rings is 2. The van der Waals surface area contributed by atoms with Crippen molar-refractivity contribution in [1.29, 1.82) is 0 Å². The molecule has 0 aliphatic carbocycles. The van der Waals surface area contributed by atoms with Gasteiger partial charge >= 0.3 is 0 Å². The smallest absolute Gasteiger partial charge is 0.123 e. The molecule has 3 aromatic rings. The third kappa shape index (κ3) is 2.77. The second-order valence-electron chi connectivity index (χ2n) is 6.18. The molecule has 0 fully saturated rings. The predicted molar refractivity (Wildman–Crippen MR) is 92.3 cm³/mol. The van der Waals surface area contributed by atoms with E-state index in [4.69, 9.17) is 11.6 Å². The average molecular weight is 329 g/mol. The molecule has 0 atom stereocenters.